The average molecular weight is 347 g/mol. The largest absolute Gasteiger partial charge is 0.478 e. The van der Waals surface area contributed by atoms with E-state index < -0.39 is 21.4 Å². The Balaban J connectivity index is 2.51. The molecule has 3 rings (SSSR count). The summed E-state index contributed by atoms with van der Waals surface area (Å²) in [5.41, 5.74) is 0.459. The van der Waals surface area contributed by atoms with Gasteiger partial charge in [-0.1, -0.05) is 6.92 Å². The number of benzene rings is 2. The molecule has 8 heteroatoms. The van der Waals surface area contributed by atoms with Gasteiger partial charge >= 0.3 is 5.97 Å². The van der Waals surface area contributed by atoms with E-state index in [1.54, 1.807) is 6.92 Å². The molecule has 0 fully saturated rings. The minimum atomic E-state index is -3.99. The van der Waals surface area contributed by atoms with Gasteiger partial charge in [-0.25, -0.2) is 18.4 Å². The van der Waals surface area contributed by atoms with Crippen LogP contribution in [-0.4, -0.2) is 19.5 Å². The number of nitrogens with two attached hydrogens (primary N) is 1. The summed E-state index contributed by atoms with van der Waals surface area (Å²) in [5.74, 6) is -1.18. The Bertz CT molecular complexity index is 1160. The Labute approximate surface area is 136 Å². The fraction of sp³-hybridized carbons (Fsp3) is 0.125. The van der Waals surface area contributed by atoms with Crippen molar-refractivity contribution < 1.29 is 22.7 Å². The molecule has 0 aliphatic rings. The first-order chi connectivity index (χ1) is 11.2. The summed E-state index contributed by atoms with van der Waals surface area (Å²) in [6.45, 7) is 1.79. The Hall–Kier alpha value is -2.71. The van der Waals surface area contributed by atoms with E-state index in [1.165, 1.54) is 24.3 Å². The molecule has 0 unspecified atom stereocenters. The molecule has 1 heterocycles. The first-order valence-electron chi connectivity index (χ1n) is 7.02. The average Bonchev–Trinajstić information content (AvgIpc) is 2.53. The lowest BCUT2D eigenvalue weighted by molar-refractivity contribution is 0.0697. The van der Waals surface area contributed by atoms with Gasteiger partial charge in [-0.3, -0.25) is 4.79 Å². The van der Waals surface area contributed by atoms with Gasteiger partial charge in [0, 0.05) is 0 Å². The van der Waals surface area contributed by atoms with E-state index in [0.717, 1.165) is 6.07 Å². The maximum Gasteiger partial charge on any atom is 0.335 e. The minimum Gasteiger partial charge on any atom is -0.478 e. The van der Waals surface area contributed by atoms with Crippen molar-refractivity contribution >= 4 is 37.9 Å². The molecular formula is C16H13NO6S. The molecule has 0 atom stereocenters. The fourth-order valence-corrected chi connectivity index (χ4v) is 3.15. The molecule has 7 nitrogen and oxygen atoms in total. The third-order valence-electron chi connectivity index (χ3n) is 3.78. The van der Waals surface area contributed by atoms with Gasteiger partial charge in [0.05, 0.1) is 21.2 Å². The molecule has 0 spiro atoms. The van der Waals surface area contributed by atoms with Crippen LogP contribution in [0.5, 0.6) is 0 Å². The maximum atomic E-state index is 12.7. The molecule has 0 saturated carbocycles. The summed E-state index contributed by atoms with van der Waals surface area (Å²) in [7, 11) is -3.99. The van der Waals surface area contributed by atoms with Crippen LogP contribution in [0.3, 0.4) is 0 Å². The molecule has 0 bridgehead atoms. The molecule has 124 valence electrons. The van der Waals surface area contributed by atoms with E-state index in [9.17, 15) is 18.0 Å². The molecule has 1 aromatic heterocycles. The van der Waals surface area contributed by atoms with Crippen molar-refractivity contribution in [2.45, 2.75) is 18.2 Å². The van der Waals surface area contributed by atoms with Crippen molar-refractivity contribution in [3.8, 4) is 0 Å². The van der Waals surface area contributed by atoms with Crippen LogP contribution in [-0.2, 0) is 16.4 Å². The second-order valence-electron chi connectivity index (χ2n) is 5.30. The number of primary sulfonamides is 1. The van der Waals surface area contributed by atoms with Gasteiger partial charge in [0.2, 0.25) is 15.5 Å². The molecular weight excluding hydrogens is 334 g/mol. The topological polar surface area (TPSA) is 128 Å². The molecule has 0 saturated heterocycles. The normalized spacial score (nSPS) is 11.9. The highest BCUT2D eigenvalue weighted by Crippen LogP contribution is 2.26. The Morgan fingerprint density at radius 2 is 1.92 bits per heavy atom. The number of sulfonamides is 1. The number of carboxylic acid groups (broad SMARTS) is 1. The van der Waals surface area contributed by atoms with Crippen LogP contribution >= 0.6 is 0 Å². The summed E-state index contributed by atoms with van der Waals surface area (Å²) in [4.78, 5) is 23.6. The number of carboxylic acids is 1. The molecule has 0 aliphatic heterocycles. The number of aromatic carboxylic acids is 1. The first-order valence-corrected chi connectivity index (χ1v) is 8.56. The van der Waals surface area contributed by atoms with Crippen molar-refractivity contribution in [3.63, 3.8) is 0 Å². The third-order valence-corrected chi connectivity index (χ3v) is 4.67. The van der Waals surface area contributed by atoms with E-state index in [2.05, 4.69) is 0 Å². The fourth-order valence-electron chi connectivity index (χ4n) is 2.56. The van der Waals surface area contributed by atoms with Crippen LogP contribution in [0.4, 0.5) is 0 Å². The van der Waals surface area contributed by atoms with Crippen molar-refractivity contribution in [1.82, 2.24) is 0 Å². The quantitative estimate of drug-likeness (QED) is 0.696. The molecule has 0 amide bonds. The Kier molecular flexibility index (Phi) is 3.66. The predicted molar refractivity (Wildman–Crippen MR) is 87.7 cm³/mol. The molecule has 24 heavy (non-hydrogen) atoms. The van der Waals surface area contributed by atoms with Gasteiger partial charge in [0.15, 0.2) is 0 Å². The van der Waals surface area contributed by atoms with Crippen LogP contribution in [0, 0.1) is 0 Å². The van der Waals surface area contributed by atoms with E-state index in [0.29, 0.717) is 12.0 Å². The van der Waals surface area contributed by atoms with Crippen molar-refractivity contribution in [1.29, 1.82) is 0 Å². The van der Waals surface area contributed by atoms with E-state index >= 15 is 0 Å². The van der Waals surface area contributed by atoms with Crippen LogP contribution < -0.4 is 10.6 Å². The smallest absolute Gasteiger partial charge is 0.335 e. The molecule has 0 radical (unpaired) electrons. The van der Waals surface area contributed by atoms with E-state index in [1.807, 2.05) is 0 Å². The maximum absolute atomic E-state index is 12.7. The Morgan fingerprint density at radius 3 is 2.50 bits per heavy atom. The van der Waals surface area contributed by atoms with E-state index in [-0.39, 0.29) is 32.4 Å². The zero-order valence-corrected chi connectivity index (χ0v) is 13.4. The van der Waals surface area contributed by atoms with Crippen molar-refractivity contribution in [2.24, 2.45) is 5.14 Å². The number of aryl methyl sites for hydroxylation is 1. The van der Waals surface area contributed by atoms with Gasteiger partial charge in [0.25, 0.3) is 0 Å². The SMILES string of the molecule is CCc1cc(S(N)(=O)=O)cc2c(=O)c3cc(C(=O)O)ccc3oc12. The lowest BCUT2D eigenvalue weighted by atomic mass is 10.1. The summed E-state index contributed by atoms with van der Waals surface area (Å²) >= 11 is 0. The number of fused-ring (bicyclic) bond motifs is 2. The second kappa shape index (κ2) is 5.43. The van der Waals surface area contributed by atoms with Crippen LogP contribution in [0.25, 0.3) is 21.9 Å². The van der Waals surface area contributed by atoms with Crippen LogP contribution in [0.2, 0.25) is 0 Å². The Morgan fingerprint density at radius 1 is 1.21 bits per heavy atom. The second-order valence-corrected chi connectivity index (χ2v) is 6.87. The van der Waals surface area contributed by atoms with Crippen molar-refractivity contribution in [3.05, 3.63) is 51.7 Å². The van der Waals surface area contributed by atoms with E-state index in [4.69, 9.17) is 14.7 Å². The first kappa shape index (κ1) is 16.2. The number of carbonyl (C=O) groups is 1. The van der Waals surface area contributed by atoms with Gasteiger partial charge < -0.3 is 9.52 Å². The van der Waals surface area contributed by atoms with Crippen LogP contribution in [0.1, 0.15) is 22.8 Å². The number of rotatable bonds is 3. The zero-order valence-electron chi connectivity index (χ0n) is 12.6. The summed E-state index contributed by atoms with van der Waals surface area (Å²) in [5, 5.41) is 14.3. The summed E-state index contributed by atoms with van der Waals surface area (Å²) in [6, 6.07) is 6.48. The van der Waals surface area contributed by atoms with Crippen LogP contribution in [0.15, 0.2) is 44.4 Å². The molecule has 0 aliphatic carbocycles. The van der Waals surface area contributed by atoms with Gasteiger partial charge in [-0.15, -0.1) is 0 Å². The molecule has 3 aromatic rings. The standard InChI is InChI=1S/C16H13NO6S/c1-2-8-5-10(24(17,21)22)7-12-14(18)11-6-9(16(19)20)3-4-13(11)23-15(8)12/h3-7H,2H2,1H3,(H,19,20)(H2,17,21,22). The third kappa shape index (κ3) is 2.55. The minimum absolute atomic E-state index is 0.0495. The predicted octanol–water partition coefficient (Wildman–Crippen LogP) is 1.85. The number of hydrogen-bond acceptors (Lipinski definition) is 5. The number of hydrogen-bond donors (Lipinski definition) is 2. The van der Waals surface area contributed by atoms with Gasteiger partial charge in [-0.2, -0.15) is 0 Å². The lowest BCUT2D eigenvalue weighted by Gasteiger charge is -2.08. The highest BCUT2D eigenvalue weighted by Gasteiger charge is 2.17. The highest BCUT2D eigenvalue weighted by molar-refractivity contribution is 7.89. The lowest BCUT2D eigenvalue weighted by Crippen LogP contribution is -2.14. The van der Waals surface area contributed by atoms with Gasteiger partial charge in [0.1, 0.15) is 11.2 Å². The zero-order chi connectivity index (χ0) is 17.6. The summed E-state index contributed by atoms with van der Waals surface area (Å²) in [6.07, 6.45) is 0.432. The summed E-state index contributed by atoms with van der Waals surface area (Å²) < 4.78 is 29.0. The highest BCUT2D eigenvalue weighted by atomic mass is 32.2. The van der Waals surface area contributed by atoms with Gasteiger partial charge in [-0.05, 0) is 42.3 Å². The molecule has 3 N–H and O–H groups in total. The van der Waals surface area contributed by atoms with Crippen molar-refractivity contribution in [2.75, 3.05) is 0 Å². The molecule has 2 aromatic carbocycles. The monoisotopic (exact) mass is 347 g/mol.